The van der Waals surface area contributed by atoms with Gasteiger partial charge in [0.2, 0.25) is 0 Å². The number of carboxylic acid groups (broad SMARTS) is 1. The highest BCUT2D eigenvalue weighted by Gasteiger charge is 2.28. The average molecular weight is 561 g/mol. The lowest BCUT2D eigenvalue weighted by molar-refractivity contribution is 0.201. The van der Waals surface area contributed by atoms with Crippen LogP contribution >= 0.6 is 11.6 Å². The molecular formula is C27H22ClFN8O3. The van der Waals surface area contributed by atoms with Crippen LogP contribution in [-0.4, -0.2) is 59.2 Å². The van der Waals surface area contributed by atoms with E-state index in [2.05, 4.69) is 25.5 Å². The first-order valence-corrected chi connectivity index (χ1v) is 12.8. The average Bonchev–Trinajstić information content (AvgIpc) is 3.73. The normalized spacial score (nSPS) is 14.3. The molecule has 11 nitrogen and oxygen atoms in total. The molecule has 6 rings (SSSR count). The first-order chi connectivity index (χ1) is 19.4. The molecule has 0 fully saturated rings. The Morgan fingerprint density at radius 2 is 1.98 bits per heavy atom. The first kappa shape index (κ1) is 25.4. The Balaban J connectivity index is 1.29. The number of amides is 1. The highest BCUT2D eigenvalue weighted by molar-refractivity contribution is 6.31. The van der Waals surface area contributed by atoms with E-state index in [-0.39, 0.29) is 18.1 Å². The van der Waals surface area contributed by atoms with Crippen LogP contribution in [0.25, 0.3) is 28.1 Å². The lowest BCUT2D eigenvalue weighted by Crippen LogP contribution is -2.31. The third-order valence-corrected chi connectivity index (χ3v) is 7.17. The molecule has 2 N–H and O–H groups in total. The van der Waals surface area contributed by atoms with Crippen molar-refractivity contribution in [2.45, 2.75) is 18.9 Å². The Morgan fingerprint density at radius 3 is 2.70 bits per heavy atom. The van der Waals surface area contributed by atoms with Crippen LogP contribution < -0.4 is 10.5 Å². The van der Waals surface area contributed by atoms with Crippen LogP contribution in [0, 0.1) is 0 Å². The largest absolute Gasteiger partial charge is 0.465 e. The molecule has 5 aromatic rings. The Hall–Kier alpha value is -4.84. The number of hydrogen-bond acceptors (Lipinski definition) is 6. The van der Waals surface area contributed by atoms with Gasteiger partial charge in [0.15, 0.2) is 0 Å². The number of nitrogens with one attached hydrogen (secondary N) is 1. The molecule has 2 aromatic carbocycles. The van der Waals surface area contributed by atoms with Crippen molar-refractivity contribution in [1.82, 2.24) is 34.7 Å². The van der Waals surface area contributed by atoms with E-state index in [4.69, 9.17) is 11.6 Å². The molecule has 0 bridgehead atoms. The first-order valence-electron chi connectivity index (χ1n) is 12.4. The third kappa shape index (κ3) is 4.62. The number of hydrogen-bond donors (Lipinski definition) is 2. The molecule has 40 heavy (non-hydrogen) atoms. The number of anilines is 1. The molecule has 1 aliphatic rings. The zero-order chi connectivity index (χ0) is 27.8. The fourth-order valence-corrected chi connectivity index (χ4v) is 5.29. The topological polar surface area (TPSA) is 135 Å². The molecule has 0 saturated carbocycles. The quantitative estimate of drug-likeness (QED) is 0.299. The van der Waals surface area contributed by atoms with E-state index in [1.807, 2.05) is 6.07 Å². The number of nitrogens with zero attached hydrogens (tertiary/aromatic N) is 7. The van der Waals surface area contributed by atoms with Gasteiger partial charge in [-0.05, 0) is 70.8 Å². The van der Waals surface area contributed by atoms with Gasteiger partial charge in [-0.3, -0.25) is 9.69 Å². The van der Waals surface area contributed by atoms with E-state index < -0.39 is 12.8 Å². The highest BCUT2D eigenvalue weighted by atomic mass is 35.5. The number of aromatic nitrogens is 7. The van der Waals surface area contributed by atoms with Crippen LogP contribution in [0.2, 0.25) is 5.02 Å². The predicted octanol–water partition coefficient (Wildman–Crippen LogP) is 4.52. The Kier molecular flexibility index (Phi) is 6.60. The molecule has 0 aliphatic carbocycles. The van der Waals surface area contributed by atoms with E-state index in [9.17, 15) is 19.1 Å². The lowest BCUT2D eigenvalue weighted by atomic mass is 10.0. The predicted molar refractivity (Wildman–Crippen MR) is 146 cm³/mol. The lowest BCUT2D eigenvalue weighted by Gasteiger charge is -2.17. The second kappa shape index (κ2) is 10.4. The van der Waals surface area contributed by atoms with Crippen molar-refractivity contribution in [3.05, 3.63) is 94.0 Å². The summed E-state index contributed by atoms with van der Waals surface area (Å²) in [7, 11) is 0. The van der Waals surface area contributed by atoms with Crippen molar-refractivity contribution in [2.75, 3.05) is 18.1 Å². The molecule has 202 valence electrons. The molecule has 1 atom stereocenters. The monoisotopic (exact) mass is 560 g/mol. The van der Waals surface area contributed by atoms with Gasteiger partial charge in [-0.25, -0.2) is 14.2 Å². The minimum Gasteiger partial charge on any atom is -0.465 e. The van der Waals surface area contributed by atoms with Gasteiger partial charge in [-0.2, -0.15) is 4.68 Å². The molecule has 13 heteroatoms. The van der Waals surface area contributed by atoms with Crippen LogP contribution in [0.4, 0.5) is 14.9 Å². The summed E-state index contributed by atoms with van der Waals surface area (Å²) >= 11 is 6.29. The number of halogens is 2. The van der Waals surface area contributed by atoms with E-state index in [0.29, 0.717) is 40.6 Å². The van der Waals surface area contributed by atoms with Crippen molar-refractivity contribution < 1.29 is 14.3 Å². The van der Waals surface area contributed by atoms with Crippen molar-refractivity contribution in [3.8, 4) is 28.1 Å². The fraction of sp³-hybridized carbons (Fsp3) is 0.185. The molecule has 0 saturated heterocycles. The van der Waals surface area contributed by atoms with E-state index in [0.717, 1.165) is 27.4 Å². The van der Waals surface area contributed by atoms with Gasteiger partial charge in [0.25, 0.3) is 5.56 Å². The summed E-state index contributed by atoms with van der Waals surface area (Å²) in [6.07, 6.45) is 3.32. The molecule has 1 amide bonds. The summed E-state index contributed by atoms with van der Waals surface area (Å²) in [5.41, 5.74) is 4.74. The Bertz CT molecular complexity index is 1750. The number of H-pyrrole nitrogens is 1. The van der Waals surface area contributed by atoms with Gasteiger partial charge in [0.1, 0.15) is 18.8 Å². The number of imidazole rings is 1. The summed E-state index contributed by atoms with van der Waals surface area (Å²) in [6, 6.07) is 15.4. The number of aryl methyl sites for hydroxylation is 1. The second-order valence-corrected chi connectivity index (χ2v) is 9.70. The molecular weight excluding hydrogens is 539 g/mol. The van der Waals surface area contributed by atoms with Crippen molar-refractivity contribution in [1.29, 1.82) is 0 Å². The summed E-state index contributed by atoms with van der Waals surface area (Å²) < 4.78 is 16.0. The molecule has 0 unspecified atom stereocenters. The van der Waals surface area contributed by atoms with Gasteiger partial charge in [0.05, 0.1) is 30.2 Å². The fourth-order valence-electron chi connectivity index (χ4n) is 5.11. The maximum atomic E-state index is 13.4. The summed E-state index contributed by atoms with van der Waals surface area (Å²) in [5, 5.41) is 21.2. The molecule has 1 aliphatic heterocycles. The van der Waals surface area contributed by atoms with Crippen molar-refractivity contribution in [2.24, 2.45) is 0 Å². The Labute approximate surface area is 231 Å². The van der Waals surface area contributed by atoms with E-state index >= 15 is 0 Å². The highest BCUT2D eigenvalue weighted by Crippen LogP contribution is 2.34. The summed E-state index contributed by atoms with van der Waals surface area (Å²) in [5.74, 6) is 0.648. The van der Waals surface area contributed by atoms with Crippen LogP contribution in [0.15, 0.2) is 71.9 Å². The number of carbonyl (C=O) groups is 1. The van der Waals surface area contributed by atoms with Crippen molar-refractivity contribution in [3.63, 3.8) is 0 Å². The number of benzene rings is 2. The Morgan fingerprint density at radius 1 is 1.15 bits per heavy atom. The maximum Gasteiger partial charge on any atom is 0.411 e. The van der Waals surface area contributed by atoms with Gasteiger partial charge < -0.3 is 14.7 Å². The van der Waals surface area contributed by atoms with Gasteiger partial charge in [0, 0.05) is 28.0 Å². The number of aromatic amines is 1. The van der Waals surface area contributed by atoms with Gasteiger partial charge >= 0.3 is 6.09 Å². The molecule has 4 heterocycles. The summed E-state index contributed by atoms with van der Waals surface area (Å²) in [6.45, 7) is -1.02. The van der Waals surface area contributed by atoms with E-state index in [1.54, 1.807) is 59.3 Å². The van der Waals surface area contributed by atoms with Gasteiger partial charge in [-0.15, -0.1) is 5.10 Å². The molecule has 0 spiro atoms. The SMILES string of the molecule is O=C(O)N(CCF)c1ccc(-c2cnc([C@@H]3CCc4cc(-c5cc(Cl)ccc5-n5cnnn5)cc(=O)n43)[nH]2)cc1. The molecule has 0 radical (unpaired) electrons. The standard InChI is InChI=1S/C27H22ClFN8O3/c28-18-3-7-23(36-15-31-33-34-36)21(13-18)17-11-20-6-8-24(37(20)25(38)12-17)26-30-14-22(32-26)16-1-4-19(5-2-16)35(10-9-29)27(39)40/h1-5,7,11-15,24H,6,8-10H2,(H,30,32)(H,39,40)/t24-/m0/s1. The number of tetrazole rings is 1. The third-order valence-electron chi connectivity index (χ3n) is 6.94. The van der Waals surface area contributed by atoms with Crippen LogP contribution in [-0.2, 0) is 6.42 Å². The minimum atomic E-state index is -1.22. The number of alkyl halides is 1. The smallest absolute Gasteiger partial charge is 0.411 e. The maximum absolute atomic E-state index is 13.4. The minimum absolute atomic E-state index is 0.165. The summed E-state index contributed by atoms with van der Waals surface area (Å²) in [4.78, 5) is 33.7. The number of fused-ring (bicyclic) bond motifs is 1. The van der Waals surface area contributed by atoms with Crippen LogP contribution in [0.3, 0.4) is 0 Å². The van der Waals surface area contributed by atoms with Crippen LogP contribution in [0.5, 0.6) is 0 Å². The molecule has 3 aromatic heterocycles. The zero-order valence-corrected chi connectivity index (χ0v) is 21.7. The zero-order valence-electron chi connectivity index (χ0n) is 20.9. The van der Waals surface area contributed by atoms with Crippen molar-refractivity contribution >= 4 is 23.4 Å². The number of pyridine rings is 1. The number of rotatable bonds is 7. The van der Waals surface area contributed by atoms with E-state index in [1.165, 1.54) is 11.0 Å². The second-order valence-electron chi connectivity index (χ2n) is 9.27. The van der Waals surface area contributed by atoms with Gasteiger partial charge in [-0.1, -0.05) is 23.7 Å². The van der Waals surface area contributed by atoms with Crippen LogP contribution in [0.1, 0.15) is 24.0 Å².